The Morgan fingerprint density at radius 2 is 2.00 bits per heavy atom. The number of hydrogen-bond donors (Lipinski definition) is 1. The fourth-order valence-electron chi connectivity index (χ4n) is 3.56. The van der Waals surface area contributed by atoms with E-state index in [-0.39, 0.29) is 5.97 Å². The minimum Gasteiger partial charge on any atom is -0.479 e. The summed E-state index contributed by atoms with van der Waals surface area (Å²) in [5.74, 6) is 0.410. The number of carbonyl (C=O) groups is 1. The van der Waals surface area contributed by atoms with Crippen LogP contribution in [0, 0.1) is 0 Å². The lowest BCUT2D eigenvalue weighted by Crippen LogP contribution is -2.30. The van der Waals surface area contributed by atoms with Crippen molar-refractivity contribution in [2.45, 2.75) is 58.2 Å². The molecule has 0 aliphatic heterocycles. The average Bonchev–Trinajstić information content (AvgIpc) is 2.89. The van der Waals surface area contributed by atoms with E-state index in [9.17, 15) is 4.79 Å². The second-order valence-electron chi connectivity index (χ2n) is 7.10. The first-order chi connectivity index (χ1) is 13.2. The number of ether oxygens (including phenoxy) is 2. The van der Waals surface area contributed by atoms with Gasteiger partial charge < -0.3 is 14.8 Å². The number of aryl methyl sites for hydroxylation is 1. The van der Waals surface area contributed by atoms with Gasteiger partial charge in [-0.05, 0) is 68.4 Å². The molecule has 2 aromatic carbocycles. The Labute approximate surface area is 161 Å². The molecule has 0 saturated heterocycles. The van der Waals surface area contributed by atoms with Gasteiger partial charge in [-0.15, -0.1) is 0 Å². The molecule has 1 aliphatic carbocycles. The van der Waals surface area contributed by atoms with Crippen LogP contribution in [0.1, 0.15) is 43.4 Å². The van der Waals surface area contributed by atoms with Gasteiger partial charge in [-0.1, -0.05) is 36.4 Å². The lowest BCUT2D eigenvalue weighted by atomic mass is 10.0. The highest BCUT2D eigenvalue weighted by Crippen LogP contribution is 2.26. The Balaban J connectivity index is 1.64. The summed E-state index contributed by atoms with van der Waals surface area (Å²) in [5, 5.41) is 3.70. The van der Waals surface area contributed by atoms with E-state index >= 15 is 0 Å². The molecule has 0 amide bonds. The Hall–Kier alpha value is -2.33. The monoisotopic (exact) mass is 367 g/mol. The topological polar surface area (TPSA) is 47.6 Å². The third kappa shape index (κ3) is 5.57. The van der Waals surface area contributed by atoms with E-state index in [1.807, 2.05) is 12.1 Å². The molecule has 0 aromatic heterocycles. The Morgan fingerprint density at radius 1 is 1.19 bits per heavy atom. The molecule has 0 heterocycles. The van der Waals surface area contributed by atoms with Crippen LogP contribution in [-0.4, -0.2) is 24.7 Å². The molecule has 3 rings (SSSR count). The van der Waals surface area contributed by atoms with E-state index < -0.39 is 6.10 Å². The minimum absolute atomic E-state index is 0.324. The van der Waals surface area contributed by atoms with Gasteiger partial charge in [0.1, 0.15) is 5.75 Å². The molecule has 0 fully saturated rings. The summed E-state index contributed by atoms with van der Waals surface area (Å²) in [6, 6.07) is 17.2. The standard InChI is InChI=1S/C23H29NO3/c1-3-26-23(25)17(2)27-22-13-12-19-10-7-11-21(14-20(19)15-22)24-16-18-8-5-4-6-9-18/h4-6,8-9,12-13,15,17,21,24H,3,7,10-11,14,16H2,1-2H3. The third-order valence-electron chi connectivity index (χ3n) is 5.01. The quantitative estimate of drug-likeness (QED) is 0.592. The number of hydrogen-bond acceptors (Lipinski definition) is 4. The fourth-order valence-corrected chi connectivity index (χ4v) is 3.56. The van der Waals surface area contributed by atoms with Crippen molar-refractivity contribution in [3.63, 3.8) is 0 Å². The number of rotatable bonds is 7. The van der Waals surface area contributed by atoms with Crippen LogP contribution in [0.25, 0.3) is 0 Å². The maximum atomic E-state index is 11.8. The van der Waals surface area contributed by atoms with Gasteiger partial charge in [0.2, 0.25) is 0 Å². The van der Waals surface area contributed by atoms with Crippen LogP contribution in [0.5, 0.6) is 5.75 Å². The van der Waals surface area contributed by atoms with Crippen molar-refractivity contribution in [3.05, 3.63) is 65.2 Å². The number of nitrogens with one attached hydrogen (secondary N) is 1. The van der Waals surface area contributed by atoms with E-state index in [0.717, 1.165) is 31.6 Å². The van der Waals surface area contributed by atoms with Gasteiger partial charge in [0.15, 0.2) is 6.10 Å². The molecule has 2 unspecified atom stereocenters. The van der Waals surface area contributed by atoms with Crippen LogP contribution in [0.15, 0.2) is 48.5 Å². The molecule has 27 heavy (non-hydrogen) atoms. The summed E-state index contributed by atoms with van der Waals surface area (Å²) in [5.41, 5.74) is 4.00. The summed E-state index contributed by atoms with van der Waals surface area (Å²) in [6.45, 7) is 4.78. The molecule has 0 spiro atoms. The molecule has 1 N–H and O–H groups in total. The van der Waals surface area contributed by atoms with Gasteiger partial charge >= 0.3 is 5.97 Å². The molecular weight excluding hydrogens is 338 g/mol. The minimum atomic E-state index is -0.596. The van der Waals surface area contributed by atoms with E-state index in [0.29, 0.717) is 12.6 Å². The van der Waals surface area contributed by atoms with Gasteiger partial charge in [0.05, 0.1) is 6.61 Å². The Kier molecular flexibility index (Phi) is 6.88. The predicted molar refractivity (Wildman–Crippen MR) is 107 cm³/mol. The van der Waals surface area contributed by atoms with E-state index in [2.05, 4.69) is 41.7 Å². The van der Waals surface area contributed by atoms with Crippen LogP contribution in [0.3, 0.4) is 0 Å². The van der Waals surface area contributed by atoms with Crippen LogP contribution in [0.4, 0.5) is 0 Å². The maximum Gasteiger partial charge on any atom is 0.347 e. The fraction of sp³-hybridized carbons (Fsp3) is 0.435. The van der Waals surface area contributed by atoms with Crippen molar-refractivity contribution in [2.24, 2.45) is 0 Å². The number of esters is 1. The van der Waals surface area contributed by atoms with E-state index in [1.165, 1.54) is 23.1 Å². The van der Waals surface area contributed by atoms with Crippen molar-refractivity contribution in [1.29, 1.82) is 0 Å². The van der Waals surface area contributed by atoms with Crippen molar-refractivity contribution in [1.82, 2.24) is 5.32 Å². The summed E-state index contributed by atoms with van der Waals surface area (Å²) in [7, 11) is 0. The first-order valence-corrected chi connectivity index (χ1v) is 9.88. The van der Waals surface area contributed by atoms with E-state index in [1.54, 1.807) is 13.8 Å². The first kappa shape index (κ1) is 19.4. The smallest absolute Gasteiger partial charge is 0.347 e. The molecule has 2 atom stereocenters. The van der Waals surface area contributed by atoms with Crippen LogP contribution >= 0.6 is 0 Å². The molecule has 1 aliphatic rings. The molecule has 4 nitrogen and oxygen atoms in total. The normalized spacial score (nSPS) is 17.5. The number of carbonyl (C=O) groups excluding carboxylic acids is 1. The van der Waals surface area contributed by atoms with Crippen molar-refractivity contribution >= 4 is 5.97 Å². The van der Waals surface area contributed by atoms with Crippen molar-refractivity contribution in [2.75, 3.05) is 6.61 Å². The second-order valence-corrected chi connectivity index (χ2v) is 7.10. The zero-order valence-corrected chi connectivity index (χ0v) is 16.2. The van der Waals surface area contributed by atoms with Gasteiger partial charge in [-0.25, -0.2) is 4.79 Å². The largest absolute Gasteiger partial charge is 0.479 e. The number of benzene rings is 2. The lowest BCUT2D eigenvalue weighted by Gasteiger charge is -2.18. The molecule has 0 radical (unpaired) electrons. The van der Waals surface area contributed by atoms with Gasteiger partial charge in [0.25, 0.3) is 0 Å². The zero-order valence-electron chi connectivity index (χ0n) is 16.2. The molecule has 4 heteroatoms. The number of fused-ring (bicyclic) bond motifs is 1. The Bertz CT molecular complexity index is 745. The Morgan fingerprint density at radius 3 is 2.78 bits per heavy atom. The summed E-state index contributed by atoms with van der Waals surface area (Å²) in [4.78, 5) is 11.8. The van der Waals surface area contributed by atoms with E-state index in [4.69, 9.17) is 9.47 Å². The molecular formula is C23H29NO3. The molecule has 0 saturated carbocycles. The van der Waals surface area contributed by atoms with Crippen molar-refractivity contribution < 1.29 is 14.3 Å². The highest BCUT2D eigenvalue weighted by Gasteiger charge is 2.19. The highest BCUT2D eigenvalue weighted by atomic mass is 16.6. The summed E-state index contributed by atoms with van der Waals surface area (Å²) in [6.07, 6.45) is 3.82. The van der Waals surface area contributed by atoms with Gasteiger partial charge in [-0.3, -0.25) is 0 Å². The predicted octanol–water partition coefficient (Wildman–Crippen LogP) is 4.05. The first-order valence-electron chi connectivity index (χ1n) is 9.88. The van der Waals surface area contributed by atoms with Gasteiger partial charge in [-0.2, -0.15) is 0 Å². The van der Waals surface area contributed by atoms with Crippen LogP contribution in [0.2, 0.25) is 0 Å². The van der Waals surface area contributed by atoms with Crippen LogP contribution < -0.4 is 10.1 Å². The van der Waals surface area contributed by atoms with Crippen molar-refractivity contribution in [3.8, 4) is 5.75 Å². The lowest BCUT2D eigenvalue weighted by molar-refractivity contribution is -0.150. The second kappa shape index (κ2) is 9.56. The average molecular weight is 367 g/mol. The third-order valence-corrected chi connectivity index (χ3v) is 5.01. The summed E-state index contributed by atoms with van der Waals surface area (Å²) >= 11 is 0. The van der Waals surface area contributed by atoms with Crippen LogP contribution in [-0.2, 0) is 28.9 Å². The highest BCUT2D eigenvalue weighted by molar-refractivity contribution is 5.74. The van der Waals surface area contributed by atoms with Gasteiger partial charge in [0, 0.05) is 12.6 Å². The SMILES string of the molecule is CCOC(=O)C(C)Oc1ccc2c(c1)CC(NCc1ccccc1)CCC2. The molecule has 2 aromatic rings. The molecule has 144 valence electrons. The summed E-state index contributed by atoms with van der Waals surface area (Å²) < 4.78 is 10.8. The maximum absolute atomic E-state index is 11.8. The molecule has 0 bridgehead atoms. The zero-order chi connectivity index (χ0) is 19.1.